The highest BCUT2D eigenvalue weighted by Gasteiger charge is 2.38. The average Bonchev–Trinajstić information content (AvgIpc) is 2.39. The minimum absolute atomic E-state index is 0.445. The summed E-state index contributed by atoms with van der Waals surface area (Å²) < 4.78 is 16.7. The van der Waals surface area contributed by atoms with Gasteiger partial charge in [0.05, 0.1) is 19.3 Å². The molecule has 20 heavy (non-hydrogen) atoms. The summed E-state index contributed by atoms with van der Waals surface area (Å²) in [7, 11) is 0. The summed E-state index contributed by atoms with van der Waals surface area (Å²) in [5, 5.41) is 9.05. The molecule has 1 aromatic rings. The van der Waals surface area contributed by atoms with Gasteiger partial charge >= 0.3 is 0 Å². The standard InChI is InChI=1S/C16H21NO3/c1-3-18-14-5-6-15(13(2)11-14)19-9-10-20-16(12-17)7-4-8-16/h5-6,11H,3-4,7-10H2,1-2H3. The van der Waals surface area contributed by atoms with Crippen LogP contribution in [0.3, 0.4) is 0 Å². The van der Waals surface area contributed by atoms with Gasteiger partial charge in [0.15, 0.2) is 5.60 Å². The molecule has 0 saturated heterocycles. The van der Waals surface area contributed by atoms with Crippen molar-refractivity contribution >= 4 is 0 Å². The fourth-order valence-electron chi connectivity index (χ4n) is 2.22. The summed E-state index contributed by atoms with van der Waals surface area (Å²) in [5.74, 6) is 1.68. The summed E-state index contributed by atoms with van der Waals surface area (Å²) >= 11 is 0. The van der Waals surface area contributed by atoms with Crippen molar-refractivity contribution < 1.29 is 14.2 Å². The van der Waals surface area contributed by atoms with E-state index in [-0.39, 0.29) is 0 Å². The molecule has 2 rings (SSSR count). The molecule has 4 nitrogen and oxygen atoms in total. The molecule has 0 N–H and O–H groups in total. The van der Waals surface area contributed by atoms with Crippen LogP contribution in [0.1, 0.15) is 31.7 Å². The van der Waals surface area contributed by atoms with Crippen LogP contribution in [0.25, 0.3) is 0 Å². The smallest absolute Gasteiger partial charge is 0.154 e. The molecule has 1 fully saturated rings. The number of nitrogens with zero attached hydrogens (tertiary/aromatic N) is 1. The molecule has 4 heteroatoms. The maximum atomic E-state index is 9.05. The Hall–Kier alpha value is -1.73. The van der Waals surface area contributed by atoms with E-state index in [1.54, 1.807) is 0 Å². The SMILES string of the molecule is CCOc1ccc(OCCOC2(C#N)CCC2)c(C)c1. The first-order valence-electron chi connectivity index (χ1n) is 7.10. The molecular formula is C16H21NO3. The highest BCUT2D eigenvalue weighted by molar-refractivity contribution is 5.39. The number of benzene rings is 1. The van der Waals surface area contributed by atoms with Crippen LogP contribution in [0.4, 0.5) is 0 Å². The average molecular weight is 275 g/mol. The summed E-state index contributed by atoms with van der Waals surface area (Å²) in [6.07, 6.45) is 2.75. The van der Waals surface area contributed by atoms with Gasteiger partial charge in [-0.25, -0.2) is 0 Å². The van der Waals surface area contributed by atoms with Gasteiger partial charge in [-0.15, -0.1) is 0 Å². The largest absolute Gasteiger partial charge is 0.494 e. The fourth-order valence-corrected chi connectivity index (χ4v) is 2.22. The third-order valence-corrected chi connectivity index (χ3v) is 3.54. The quantitative estimate of drug-likeness (QED) is 0.717. The van der Waals surface area contributed by atoms with Gasteiger partial charge in [0.2, 0.25) is 0 Å². The lowest BCUT2D eigenvalue weighted by atomic mass is 9.81. The van der Waals surface area contributed by atoms with Crippen LogP contribution >= 0.6 is 0 Å². The molecule has 108 valence electrons. The van der Waals surface area contributed by atoms with Crippen molar-refractivity contribution in [2.24, 2.45) is 0 Å². The molecule has 0 bridgehead atoms. The van der Waals surface area contributed by atoms with Crippen molar-refractivity contribution in [2.75, 3.05) is 19.8 Å². The Morgan fingerprint density at radius 2 is 2.05 bits per heavy atom. The second-order valence-corrected chi connectivity index (χ2v) is 5.02. The lowest BCUT2D eigenvalue weighted by Gasteiger charge is -2.34. The molecule has 0 atom stereocenters. The normalized spacial score (nSPS) is 16.1. The van der Waals surface area contributed by atoms with Gasteiger partial charge in [-0.3, -0.25) is 0 Å². The highest BCUT2D eigenvalue weighted by atomic mass is 16.5. The number of ether oxygens (including phenoxy) is 3. The van der Waals surface area contributed by atoms with E-state index in [0.29, 0.717) is 19.8 Å². The topological polar surface area (TPSA) is 51.5 Å². The predicted octanol–water partition coefficient (Wildman–Crippen LogP) is 3.24. The molecule has 0 amide bonds. The van der Waals surface area contributed by atoms with Gasteiger partial charge in [-0.1, -0.05) is 0 Å². The van der Waals surface area contributed by atoms with E-state index in [1.807, 2.05) is 32.0 Å². The van der Waals surface area contributed by atoms with Crippen LogP contribution in [-0.2, 0) is 4.74 Å². The van der Waals surface area contributed by atoms with Crippen molar-refractivity contribution in [1.29, 1.82) is 5.26 Å². The first-order chi connectivity index (χ1) is 9.69. The van der Waals surface area contributed by atoms with Crippen LogP contribution < -0.4 is 9.47 Å². The molecule has 0 aliphatic heterocycles. The molecule has 0 radical (unpaired) electrons. The van der Waals surface area contributed by atoms with Gasteiger partial charge in [0.1, 0.15) is 18.1 Å². The van der Waals surface area contributed by atoms with E-state index in [1.165, 1.54) is 0 Å². The molecule has 0 spiro atoms. The van der Waals surface area contributed by atoms with E-state index in [2.05, 4.69) is 6.07 Å². The molecule has 1 aliphatic rings. The Morgan fingerprint density at radius 1 is 1.25 bits per heavy atom. The third kappa shape index (κ3) is 3.43. The number of aryl methyl sites for hydroxylation is 1. The van der Waals surface area contributed by atoms with Crippen molar-refractivity contribution in [2.45, 2.75) is 38.7 Å². The molecule has 1 saturated carbocycles. The van der Waals surface area contributed by atoms with Gasteiger partial charge in [-0.2, -0.15) is 5.26 Å². The van der Waals surface area contributed by atoms with Crippen LogP contribution in [0.5, 0.6) is 11.5 Å². The summed E-state index contributed by atoms with van der Waals surface area (Å²) in [5.41, 5.74) is 0.492. The van der Waals surface area contributed by atoms with Gasteiger partial charge < -0.3 is 14.2 Å². The fraction of sp³-hybridized carbons (Fsp3) is 0.562. The summed E-state index contributed by atoms with van der Waals surface area (Å²) in [6.45, 7) is 5.51. The predicted molar refractivity (Wildman–Crippen MR) is 76.0 cm³/mol. The minimum Gasteiger partial charge on any atom is -0.494 e. The number of hydrogen-bond acceptors (Lipinski definition) is 4. The van der Waals surface area contributed by atoms with Crippen molar-refractivity contribution in [1.82, 2.24) is 0 Å². The van der Waals surface area contributed by atoms with Crippen molar-refractivity contribution in [3.63, 3.8) is 0 Å². The zero-order chi connectivity index (χ0) is 14.4. The number of hydrogen-bond donors (Lipinski definition) is 0. The minimum atomic E-state index is -0.544. The third-order valence-electron chi connectivity index (χ3n) is 3.54. The zero-order valence-electron chi connectivity index (χ0n) is 12.1. The van der Waals surface area contributed by atoms with Gasteiger partial charge in [0, 0.05) is 0 Å². The molecule has 1 aromatic carbocycles. The van der Waals surface area contributed by atoms with Gasteiger partial charge in [-0.05, 0) is 56.9 Å². The Kier molecular flexibility index (Phi) is 4.86. The summed E-state index contributed by atoms with van der Waals surface area (Å²) in [6, 6.07) is 8.02. The van der Waals surface area contributed by atoms with Gasteiger partial charge in [0.25, 0.3) is 0 Å². The first kappa shape index (κ1) is 14.7. The molecule has 1 aliphatic carbocycles. The van der Waals surface area contributed by atoms with E-state index in [0.717, 1.165) is 36.3 Å². The Bertz CT molecular complexity index is 489. The Labute approximate surface area is 120 Å². The van der Waals surface area contributed by atoms with E-state index in [9.17, 15) is 0 Å². The Morgan fingerprint density at radius 3 is 2.60 bits per heavy atom. The highest BCUT2D eigenvalue weighted by Crippen LogP contribution is 2.34. The van der Waals surface area contributed by atoms with Crippen molar-refractivity contribution in [3.05, 3.63) is 23.8 Å². The second-order valence-electron chi connectivity index (χ2n) is 5.02. The Balaban J connectivity index is 1.78. The monoisotopic (exact) mass is 275 g/mol. The maximum Gasteiger partial charge on any atom is 0.154 e. The van der Waals surface area contributed by atoms with E-state index < -0.39 is 5.60 Å². The lowest BCUT2D eigenvalue weighted by Crippen LogP contribution is -2.39. The van der Waals surface area contributed by atoms with E-state index in [4.69, 9.17) is 19.5 Å². The molecule has 0 heterocycles. The second kappa shape index (κ2) is 6.62. The first-order valence-corrected chi connectivity index (χ1v) is 7.10. The van der Waals surface area contributed by atoms with Crippen molar-refractivity contribution in [3.8, 4) is 17.6 Å². The zero-order valence-corrected chi connectivity index (χ0v) is 12.1. The molecule has 0 unspecified atom stereocenters. The van der Waals surface area contributed by atoms with E-state index >= 15 is 0 Å². The molecular weight excluding hydrogens is 254 g/mol. The van der Waals surface area contributed by atoms with Crippen LogP contribution in [0, 0.1) is 18.3 Å². The van der Waals surface area contributed by atoms with Crippen LogP contribution in [-0.4, -0.2) is 25.4 Å². The lowest BCUT2D eigenvalue weighted by molar-refractivity contribution is -0.0645. The molecule has 0 aromatic heterocycles. The number of nitriles is 1. The summed E-state index contributed by atoms with van der Waals surface area (Å²) in [4.78, 5) is 0. The number of rotatable bonds is 7. The van der Waals surface area contributed by atoms with Crippen LogP contribution in [0.2, 0.25) is 0 Å². The van der Waals surface area contributed by atoms with Crippen LogP contribution in [0.15, 0.2) is 18.2 Å². The maximum absolute atomic E-state index is 9.05.